The normalized spacial score (nSPS) is 24.7. The summed E-state index contributed by atoms with van der Waals surface area (Å²) in [6, 6.07) is 0. The van der Waals surface area contributed by atoms with Crippen LogP contribution in [0.25, 0.3) is 0 Å². The molecule has 5 heteroatoms. The van der Waals surface area contributed by atoms with Crippen molar-refractivity contribution in [3.8, 4) is 0 Å². The number of rotatable bonds is 7. The minimum atomic E-state index is -0.907. The van der Waals surface area contributed by atoms with Gasteiger partial charge >= 0.3 is 5.97 Å². The van der Waals surface area contributed by atoms with Crippen LogP contribution in [0.3, 0.4) is 0 Å². The molecular formula is C14H25NO4. The summed E-state index contributed by atoms with van der Waals surface area (Å²) in [5.41, 5.74) is 0. The minimum Gasteiger partial charge on any atom is -0.481 e. The monoisotopic (exact) mass is 271 g/mol. The molecule has 1 aliphatic carbocycles. The molecule has 0 aromatic heterocycles. The van der Waals surface area contributed by atoms with Gasteiger partial charge in [0.05, 0.1) is 12.5 Å². The zero-order valence-electron chi connectivity index (χ0n) is 11.9. The van der Waals surface area contributed by atoms with Crippen molar-refractivity contribution in [2.75, 3.05) is 6.54 Å². The van der Waals surface area contributed by atoms with Gasteiger partial charge in [0, 0.05) is 6.54 Å². The zero-order chi connectivity index (χ0) is 14.3. The third-order valence-electron chi connectivity index (χ3n) is 3.55. The molecule has 2 N–H and O–H groups in total. The van der Waals surface area contributed by atoms with Crippen LogP contribution in [-0.2, 0) is 14.3 Å². The summed E-state index contributed by atoms with van der Waals surface area (Å²) in [5.74, 6) is -0.441. The van der Waals surface area contributed by atoms with Crippen LogP contribution in [0.5, 0.6) is 0 Å². The Hall–Kier alpha value is -1.10. The first-order chi connectivity index (χ1) is 9.02. The molecule has 0 heterocycles. The van der Waals surface area contributed by atoms with Crippen molar-refractivity contribution in [2.45, 2.75) is 64.6 Å². The first-order valence-corrected chi connectivity index (χ1v) is 7.17. The molecule has 0 bridgehead atoms. The van der Waals surface area contributed by atoms with E-state index in [0.29, 0.717) is 12.3 Å². The number of carbonyl (C=O) groups excluding carboxylic acids is 1. The third-order valence-corrected chi connectivity index (χ3v) is 3.55. The number of ether oxygens (including phenoxy) is 1. The van der Waals surface area contributed by atoms with Gasteiger partial charge in [-0.15, -0.1) is 0 Å². The average molecular weight is 271 g/mol. The Labute approximate surface area is 114 Å². The van der Waals surface area contributed by atoms with Crippen molar-refractivity contribution in [3.05, 3.63) is 0 Å². The van der Waals surface area contributed by atoms with Gasteiger partial charge in [0.1, 0.15) is 6.10 Å². The van der Waals surface area contributed by atoms with E-state index in [1.807, 2.05) is 6.92 Å². The van der Waals surface area contributed by atoms with Crippen molar-refractivity contribution in [1.82, 2.24) is 5.32 Å². The van der Waals surface area contributed by atoms with Crippen LogP contribution in [0, 0.1) is 5.92 Å². The summed E-state index contributed by atoms with van der Waals surface area (Å²) in [5, 5.41) is 11.2. The number of hydrogen-bond donors (Lipinski definition) is 2. The van der Waals surface area contributed by atoms with Crippen LogP contribution in [-0.4, -0.2) is 35.7 Å². The second kappa shape index (κ2) is 8.15. The molecular weight excluding hydrogens is 246 g/mol. The van der Waals surface area contributed by atoms with Crippen LogP contribution in [0.2, 0.25) is 0 Å². The Kier molecular flexibility index (Phi) is 6.84. The Morgan fingerprint density at radius 3 is 2.74 bits per heavy atom. The molecule has 19 heavy (non-hydrogen) atoms. The van der Waals surface area contributed by atoms with E-state index in [1.54, 1.807) is 0 Å². The van der Waals surface area contributed by atoms with Gasteiger partial charge in [-0.2, -0.15) is 0 Å². The molecule has 3 atom stereocenters. The lowest BCUT2D eigenvalue weighted by atomic mass is 9.88. The number of carbonyl (C=O) groups is 2. The highest BCUT2D eigenvalue weighted by molar-refractivity contribution is 5.81. The molecule has 0 aliphatic heterocycles. The largest absolute Gasteiger partial charge is 0.481 e. The van der Waals surface area contributed by atoms with Crippen LogP contribution < -0.4 is 5.32 Å². The molecule has 1 amide bonds. The van der Waals surface area contributed by atoms with Gasteiger partial charge in [-0.05, 0) is 25.2 Å². The van der Waals surface area contributed by atoms with Gasteiger partial charge in [-0.1, -0.05) is 26.7 Å². The maximum Gasteiger partial charge on any atom is 0.305 e. The smallest absolute Gasteiger partial charge is 0.305 e. The highest BCUT2D eigenvalue weighted by Gasteiger charge is 2.25. The van der Waals surface area contributed by atoms with E-state index in [4.69, 9.17) is 9.84 Å². The van der Waals surface area contributed by atoms with Crippen molar-refractivity contribution in [3.63, 3.8) is 0 Å². The molecule has 1 aliphatic rings. The molecule has 110 valence electrons. The SMILES string of the molecule is CCC(OC1CCCC(C)C1)C(=O)NCCC(=O)O. The van der Waals surface area contributed by atoms with E-state index < -0.39 is 12.1 Å². The van der Waals surface area contributed by atoms with E-state index in [2.05, 4.69) is 12.2 Å². The Bertz CT molecular complexity index is 306. The summed E-state index contributed by atoms with van der Waals surface area (Å²) in [4.78, 5) is 22.3. The second-order valence-corrected chi connectivity index (χ2v) is 5.36. The minimum absolute atomic E-state index is 0.0529. The van der Waals surface area contributed by atoms with Gasteiger partial charge in [0.2, 0.25) is 5.91 Å². The molecule has 1 saturated carbocycles. The van der Waals surface area contributed by atoms with Crippen molar-refractivity contribution in [1.29, 1.82) is 0 Å². The summed E-state index contributed by atoms with van der Waals surface area (Å²) < 4.78 is 5.87. The molecule has 0 aromatic carbocycles. The molecule has 0 spiro atoms. The standard InChI is InChI=1S/C14H25NO4/c1-3-12(14(18)15-8-7-13(16)17)19-11-6-4-5-10(2)9-11/h10-12H,3-9H2,1-2H3,(H,15,18)(H,16,17). The van der Waals surface area contributed by atoms with E-state index in [0.717, 1.165) is 19.3 Å². The van der Waals surface area contributed by atoms with Crippen molar-refractivity contribution >= 4 is 11.9 Å². The fraction of sp³-hybridized carbons (Fsp3) is 0.857. The molecule has 1 fully saturated rings. The summed E-state index contributed by atoms with van der Waals surface area (Å²) >= 11 is 0. The Morgan fingerprint density at radius 2 is 2.16 bits per heavy atom. The topological polar surface area (TPSA) is 75.6 Å². The fourth-order valence-corrected chi connectivity index (χ4v) is 2.48. The fourth-order valence-electron chi connectivity index (χ4n) is 2.48. The molecule has 3 unspecified atom stereocenters. The number of amides is 1. The molecule has 0 radical (unpaired) electrons. The predicted octanol–water partition coefficient (Wildman–Crippen LogP) is 1.95. The lowest BCUT2D eigenvalue weighted by Gasteiger charge is -2.29. The average Bonchev–Trinajstić information content (AvgIpc) is 2.35. The Balaban J connectivity index is 2.34. The van der Waals surface area contributed by atoms with Crippen molar-refractivity contribution in [2.24, 2.45) is 5.92 Å². The van der Waals surface area contributed by atoms with Gasteiger partial charge in [0.25, 0.3) is 0 Å². The zero-order valence-corrected chi connectivity index (χ0v) is 11.9. The second-order valence-electron chi connectivity index (χ2n) is 5.36. The van der Waals surface area contributed by atoms with E-state index in [9.17, 15) is 9.59 Å². The Morgan fingerprint density at radius 1 is 1.42 bits per heavy atom. The molecule has 1 rings (SSSR count). The van der Waals surface area contributed by atoms with Crippen LogP contribution in [0.1, 0.15) is 52.4 Å². The third kappa shape index (κ3) is 6.05. The highest BCUT2D eigenvalue weighted by Crippen LogP contribution is 2.26. The maximum atomic E-state index is 11.9. The first-order valence-electron chi connectivity index (χ1n) is 7.17. The lowest BCUT2D eigenvalue weighted by molar-refractivity contribution is -0.140. The maximum absolute atomic E-state index is 11.9. The number of nitrogens with one attached hydrogen (secondary N) is 1. The highest BCUT2D eigenvalue weighted by atomic mass is 16.5. The number of carboxylic acid groups (broad SMARTS) is 1. The quantitative estimate of drug-likeness (QED) is 0.742. The van der Waals surface area contributed by atoms with Gasteiger partial charge < -0.3 is 15.2 Å². The van der Waals surface area contributed by atoms with E-state index >= 15 is 0 Å². The van der Waals surface area contributed by atoms with Crippen molar-refractivity contribution < 1.29 is 19.4 Å². The van der Waals surface area contributed by atoms with E-state index in [1.165, 1.54) is 6.42 Å². The first kappa shape index (κ1) is 16.0. The molecule has 5 nitrogen and oxygen atoms in total. The predicted molar refractivity (Wildman–Crippen MR) is 71.8 cm³/mol. The molecule has 0 saturated heterocycles. The lowest BCUT2D eigenvalue weighted by Crippen LogP contribution is -2.40. The number of carboxylic acids is 1. The number of aliphatic carboxylic acids is 1. The number of hydrogen-bond acceptors (Lipinski definition) is 3. The summed E-state index contributed by atoms with van der Waals surface area (Å²) in [7, 11) is 0. The summed E-state index contributed by atoms with van der Waals surface area (Å²) in [6.07, 6.45) is 4.70. The van der Waals surface area contributed by atoms with Crippen LogP contribution >= 0.6 is 0 Å². The van der Waals surface area contributed by atoms with Gasteiger partial charge in [-0.3, -0.25) is 9.59 Å². The van der Waals surface area contributed by atoms with Crippen LogP contribution in [0.15, 0.2) is 0 Å². The van der Waals surface area contributed by atoms with Gasteiger partial charge in [0.15, 0.2) is 0 Å². The van der Waals surface area contributed by atoms with Gasteiger partial charge in [-0.25, -0.2) is 0 Å². The molecule has 0 aromatic rings. The van der Waals surface area contributed by atoms with Crippen LogP contribution in [0.4, 0.5) is 0 Å². The van der Waals surface area contributed by atoms with E-state index in [-0.39, 0.29) is 25.0 Å². The summed E-state index contributed by atoms with van der Waals surface area (Å²) in [6.45, 7) is 4.28.